The van der Waals surface area contributed by atoms with Gasteiger partial charge in [-0.15, -0.1) is 0 Å². The smallest absolute Gasteiger partial charge is 0.338 e. The molecule has 0 aromatic heterocycles. The molecule has 0 heterocycles. The van der Waals surface area contributed by atoms with Crippen LogP contribution in [0.2, 0.25) is 0 Å². The Morgan fingerprint density at radius 3 is 2.00 bits per heavy atom. The molecule has 126 valence electrons. The molecule has 2 aromatic carbocycles. The number of carbonyl (C=O) groups excluding carboxylic acids is 1. The predicted octanol–water partition coefficient (Wildman–Crippen LogP) is 5.46. The maximum absolute atomic E-state index is 11.8. The minimum Gasteiger partial charge on any atom is -0.494 e. The van der Waals surface area contributed by atoms with Crippen LogP contribution in [0.15, 0.2) is 58.8 Å². The lowest BCUT2D eigenvalue weighted by Crippen LogP contribution is -2.11. The molecule has 0 aliphatic heterocycles. The zero-order valence-electron chi connectivity index (χ0n) is 14.2. The third-order valence-electron chi connectivity index (χ3n) is 3.04. The van der Waals surface area contributed by atoms with Gasteiger partial charge in [0.25, 0.3) is 0 Å². The summed E-state index contributed by atoms with van der Waals surface area (Å²) in [5.74, 6) is 0.486. The van der Waals surface area contributed by atoms with Crippen LogP contribution in [0, 0.1) is 0 Å². The number of hydrogen-bond donors (Lipinski definition) is 0. The van der Waals surface area contributed by atoms with Gasteiger partial charge in [0.05, 0.1) is 29.6 Å². The van der Waals surface area contributed by atoms with Gasteiger partial charge in [-0.3, -0.25) is 0 Å². The van der Waals surface area contributed by atoms with E-state index >= 15 is 0 Å². The van der Waals surface area contributed by atoms with Crippen molar-refractivity contribution in [1.82, 2.24) is 0 Å². The van der Waals surface area contributed by atoms with E-state index in [-0.39, 0.29) is 12.1 Å². The first-order chi connectivity index (χ1) is 11.6. The first-order valence-electron chi connectivity index (χ1n) is 8.04. The molecule has 0 bridgehead atoms. The Labute approximate surface area is 142 Å². The molecule has 0 spiro atoms. The third-order valence-corrected chi connectivity index (χ3v) is 3.04. The summed E-state index contributed by atoms with van der Waals surface area (Å²) in [4.78, 5) is 11.8. The molecule has 2 aromatic rings. The van der Waals surface area contributed by atoms with Gasteiger partial charge in [-0.1, -0.05) is 6.92 Å². The normalized spacial score (nSPS) is 11.0. The topological polar surface area (TPSA) is 60.2 Å². The second kappa shape index (κ2) is 8.82. The Bertz CT molecular complexity index is 677. The third kappa shape index (κ3) is 5.50. The van der Waals surface area contributed by atoms with Crippen LogP contribution in [0.3, 0.4) is 0 Å². The fourth-order valence-corrected chi connectivity index (χ4v) is 1.89. The number of carbonyl (C=O) groups is 1. The van der Waals surface area contributed by atoms with Gasteiger partial charge in [-0.2, -0.15) is 10.2 Å². The number of benzene rings is 2. The van der Waals surface area contributed by atoms with Gasteiger partial charge < -0.3 is 9.47 Å². The molecule has 0 saturated carbocycles. The van der Waals surface area contributed by atoms with Crippen molar-refractivity contribution in [2.75, 3.05) is 6.61 Å². The average Bonchev–Trinajstić information content (AvgIpc) is 2.59. The Morgan fingerprint density at radius 1 is 0.958 bits per heavy atom. The molecular formula is C19H22N2O3. The summed E-state index contributed by atoms with van der Waals surface area (Å²) in [6.07, 6.45) is 0.837. The van der Waals surface area contributed by atoms with Gasteiger partial charge in [0.1, 0.15) is 5.75 Å². The highest BCUT2D eigenvalue weighted by Gasteiger charge is 2.08. The number of ether oxygens (including phenoxy) is 2. The zero-order chi connectivity index (χ0) is 17.4. The standard InChI is InChI=1S/C19H22N2O3/c1-4-13-23-18-11-9-17(10-12-18)21-20-16-7-5-15(6-8-16)19(22)24-14(2)3/h5-12,14H,4,13H2,1-3H3. The lowest BCUT2D eigenvalue weighted by Gasteiger charge is -2.07. The van der Waals surface area contributed by atoms with E-state index in [1.807, 2.05) is 38.1 Å². The summed E-state index contributed by atoms with van der Waals surface area (Å²) in [6, 6.07) is 14.3. The fraction of sp³-hybridized carbons (Fsp3) is 0.316. The van der Waals surface area contributed by atoms with Crippen LogP contribution in [0.5, 0.6) is 5.75 Å². The number of rotatable bonds is 7. The minimum absolute atomic E-state index is 0.138. The van der Waals surface area contributed by atoms with E-state index in [4.69, 9.17) is 9.47 Å². The van der Waals surface area contributed by atoms with Crippen LogP contribution in [-0.4, -0.2) is 18.7 Å². The van der Waals surface area contributed by atoms with Crippen LogP contribution in [0.25, 0.3) is 0 Å². The highest BCUT2D eigenvalue weighted by Crippen LogP contribution is 2.22. The van der Waals surface area contributed by atoms with Crippen molar-refractivity contribution >= 4 is 17.3 Å². The monoisotopic (exact) mass is 326 g/mol. The molecule has 0 N–H and O–H groups in total. The summed E-state index contributed by atoms with van der Waals surface area (Å²) in [6.45, 7) is 6.40. The van der Waals surface area contributed by atoms with E-state index in [1.54, 1.807) is 24.3 Å². The Morgan fingerprint density at radius 2 is 1.50 bits per heavy atom. The number of azo groups is 1. The van der Waals surface area contributed by atoms with Crippen molar-refractivity contribution < 1.29 is 14.3 Å². The van der Waals surface area contributed by atoms with E-state index in [1.165, 1.54) is 0 Å². The molecule has 0 radical (unpaired) electrons. The van der Waals surface area contributed by atoms with Crippen molar-refractivity contribution in [1.29, 1.82) is 0 Å². The molecule has 0 atom stereocenters. The Hall–Kier alpha value is -2.69. The van der Waals surface area contributed by atoms with E-state index in [2.05, 4.69) is 17.2 Å². The fourth-order valence-electron chi connectivity index (χ4n) is 1.89. The molecular weight excluding hydrogens is 304 g/mol. The van der Waals surface area contributed by atoms with E-state index in [9.17, 15) is 4.79 Å². The molecule has 0 amide bonds. The van der Waals surface area contributed by atoms with Crippen molar-refractivity contribution in [3.63, 3.8) is 0 Å². The van der Waals surface area contributed by atoms with Gasteiger partial charge in [0.15, 0.2) is 0 Å². The van der Waals surface area contributed by atoms with Crippen molar-refractivity contribution in [2.24, 2.45) is 10.2 Å². The summed E-state index contributed by atoms with van der Waals surface area (Å²) in [7, 11) is 0. The van der Waals surface area contributed by atoms with Crippen molar-refractivity contribution in [3.8, 4) is 5.75 Å². The minimum atomic E-state index is -0.337. The zero-order valence-corrected chi connectivity index (χ0v) is 14.2. The molecule has 0 saturated heterocycles. The number of nitrogens with zero attached hydrogens (tertiary/aromatic N) is 2. The van der Waals surface area contributed by atoms with E-state index < -0.39 is 0 Å². The molecule has 5 nitrogen and oxygen atoms in total. The average molecular weight is 326 g/mol. The summed E-state index contributed by atoms with van der Waals surface area (Å²) < 4.78 is 10.7. The molecule has 0 aliphatic carbocycles. The molecule has 24 heavy (non-hydrogen) atoms. The van der Waals surface area contributed by atoms with Gasteiger partial charge in [-0.05, 0) is 68.8 Å². The summed E-state index contributed by atoms with van der Waals surface area (Å²) in [5, 5.41) is 8.34. The summed E-state index contributed by atoms with van der Waals surface area (Å²) >= 11 is 0. The van der Waals surface area contributed by atoms with E-state index in [0.717, 1.165) is 17.9 Å². The lowest BCUT2D eigenvalue weighted by atomic mass is 10.2. The molecule has 0 fully saturated rings. The number of hydrogen-bond acceptors (Lipinski definition) is 5. The van der Waals surface area contributed by atoms with Gasteiger partial charge >= 0.3 is 5.97 Å². The van der Waals surface area contributed by atoms with Crippen LogP contribution >= 0.6 is 0 Å². The second-order valence-electron chi connectivity index (χ2n) is 5.54. The molecule has 0 aliphatic rings. The summed E-state index contributed by atoms with van der Waals surface area (Å²) in [5.41, 5.74) is 1.91. The first-order valence-corrected chi connectivity index (χ1v) is 8.04. The van der Waals surface area contributed by atoms with Gasteiger partial charge in [0, 0.05) is 0 Å². The predicted molar refractivity (Wildman–Crippen MR) is 93.4 cm³/mol. The van der Waals surface area contributed by atoms with E-state index in [0.29, 0.717) is 17.9 Å². The highest BCUT2D eigenvalue weighted by atomic mass is 16.5. The van der Waals surface area contributed by atoms with Crippen LogP contribution < -0.4 is 4.74 Å². The highest BCUT2D eigenvalue weighted by molar-refractivity contribution is 5.89. The van der Waals surface area contributed by atoms with Gasteiger partial charge in [0.2, 0.25) is 0 Å². The number of esters is 1. The van der Waals surface area contributed by atoms with Crippen LogP contribution in [-0.2, 0) is 4.74 Å². The van der Waals surface area contributed by atoms with Crippen LogP contribution in [0.4, 0.5) is 11.4 Å². The molecule has 5 heteroatoms. The SMILES string of the molecule is CCCOc1ccc(N=Nc2ccc(C(=O)OC(C)C)cc2)cc1. The van der Waals surface area contributed by atoms with Crippen LogP contribution in [0.1, 0.15) is 37.6 Å². The second-order valence-corrected chi connectivity index (χ2v) is 5.54. The largest absolute Gasteiger partial charge is 0.494 e. The first kappa shape index (κ1) is 17.7. The van der Waals surface area contributed by atoms with Crippen molar-refractivity contribution in [2.45, 2.75) is 33.3 Å². The lowest BCUT2D eigenvalue weighted by molar-refractivity contribution is 0.0378. The maximum atomic E-state index is 11.8. The van der Waals surface area contributed by atoms with Gasteiger partial charge in [-0.25, -0.2) is 4.79 Å². The maximum Gasteiger partial charge on any atom is 0.338 e. The van der Waals surface area contributed by atoms with Crippen molar-refractivity contribution in [3.05, 3.63) is 54.1 Å². The Balaban J connectivity index is 1.97. The molecule has 0 unspecified atom stereocenters. The quantitative estimate of drug-likeness (QED) is 0.501. The Kier molecular flexibility index (Phi) is 6.49. The molecule has 2 rings (SSSR count).